The van der Waals surface area contributed by atoms with Crippen LogP contribution in [-0.4, -0.2) is 16.9 Å². The Labute approximate surface area is 169 Å². The fraction of sp³-hybridized carbons (Fsp3) is 0.111. The monoisotopic (exact) mass is 420 g/mol. The summed E-state index contributed by atoms with van der Waals surface area (Å²) in [5, 5.41) is 19.5. The van der Waals surface area contributed by atoms with E-state index in [4.69, 9.17) is 23.2 Å². The zero-order valence-corrected chi connectivity index (χ0v) is 16.0. The van der Waals surface area contributed by atoms with E-state index in [0.29, 0.717) is 22.0 Å². The molecule has 1 atom stereocenters. The number of hydrogen-bond acceptors (Lipinski definition) is 4. The Hall–Kier alpha value is -3.10. The number of carbonyl (C=O) groups is 2. The second kappa shape index (κ2) is 7.87. The lowest BCUT2D eigenvalue weighted by molar-refractivity contribution is -0.384. The van der Waals surface area contributed by atoms with Crippen LogP contribution in [0.3, 0.4) is 0 Å². The molecule has 28 heavy (non-hydrogen) atoms. The molecule has 2 aromatic carbocycles. The number of halogens is 2. The minimum Gasteiger partial charge on any atom is -0.327 e. The van der Waals surface area contributed by atoms with Crippen molar-refractivity contribution in [1.82, 2.24) is 10.6 Å². The number of carbonyl (C=O) groups excluding carboxylic acids is 2. The van der Waals surface area contributed by atoms with E-state index < -0.39 is 22.9 Å². The minimum absolute atomic E-state index is 0.0420. The molecular weight excluding hydrogens is 407 g/mol. The first kappa shape index (κ1) is 19.7. The predicted octanol–water partition coefficient (Wildman–Crippen LogP) is 4.17. The van der Waals surface area contributed by atoms with Crippen molar-refractivity contribution in [2.45, 2.75) is 13.0 Å². The standard InChI is InChI=1S/C18H14Cl2N4O4/c1-9-15(17(25)22-12-4-2-3-11(19)8-12)16(23-18(26)21-9)10-5-6-13(20)14(7-10)24(27)28/h2-8,16H,1H3,(H,22,25)(H2,21,23,26). The number of nitrogens with zero attached hydrogens (tertiary/aromatic N) is 1. The third-order valence-electron chi connectivity index (χ3n) is 4.10. The van der Waals surface area contributed by atoms with Crippen molar-refractivity contribution in [2.75, 3.05) is 5.32 Å². The predicted molar refractivity (Wildman–Crippen MR) is 105 cm³/mol. The second-order valence-corrected chi connectivity index (χ2v) is 6.85. The lowest BCUT2D eigenvalue weighted by atomic mass is 9.94. The number of rotatable bonds is 4. The van der Waals surface area contributed by atoms with Gasteiger partial charge in [0.1, 0.15) is 5.02 Å². The number of amides is 3. The summed E-state index contributed by atoms with van der Waals surface area (Å²) in [7, 11) is 0. The molecule has 0 bridgehead atoms. The number of hydrogen-bond donors (Lipinski definition) is 3. The smallest absolute Gasteiger partial charge is 0.319 e. The summed E-state index contributed by atoms with van der Waals surface area (Å²) in [6, 6.07) is 9.26. The van der Waals surface area contributed by atoms with Crippen LogP contribution in [0.1, 0.15) is 18.5 Å². The van der Waals surface area contributed by atoms with Crippen molar-refractivity contribution >= 4 is 46.5 Å². The number of allylic oxidation sites excluding steroid dienone is 1. The normalized spacial score (nSPS) is 16.2. The largest absolute Gasteiger partial charge is 0.327 e. The quantitative estimate of drug-likeness (QED) is 0.508. The zero-order chi connectivity index (χ0) is 20.4. The van der Waals surface area contributed by atoms with Gasteiger partial charge in [0.05, 0.1) is 16.5 Å². The number of benzene rings is 2. The van der Waals surface area contributed by atoms with Gasteiger partial charge in [-0.1, -0.05) is 35.3 Å². The van der Waals surface area contributed by atoms with Crippen LogP contribution >= 0.6 is 23.2 Å². The van der Waals surface area contributed by atoms with Crippen molar-refractivity contribution in [1.29, 1.82) is 0 Å². The average Bonchev–Trinajstić information content (AvgIpc) is 2.61. The Balaban J connectivity index is 2.00. The summed E-state index contributed by atoms with van der Waals surface area (Å²) in [4.78, 5) is 35.4. The van der Waals surface area contributed by atoms with Crippen molar-refractivity contribution in [3.05, 3.63) is 79.5 Å². The van der Waals surface area contributed by atoms with Gasteiger partial charge in [-0.3, -0.25) is 14.9 Å². The zero-order valence-electron chi connectivity index (χ0n) is 14.5. The number of nitro groups is 1. The van der Waals surface area contributed by atoms with Crippen LogP contribution in [0.5, 0.6) is 0 Å². The summed E-state index contributed by atoms with van der Waals surface area (Å²) < 4.78 is 0. The van der Waals surface area contributed by atoms with Crippen molar-refractivity contribution in [2.24, 2.45) is 0 Å². The van der Waals surface area contributed by atoms with E-state index in [-0.39, 0.29) is 16.3 Å². The van der Waals surface area contributed by atoms with E-state index in [2.05, 4.69) is 16.0 Å². The SMILES string of the molecule is CC1=C(C(=O)Nc2cccc(Cl)c2)C(c2ccc(Cl)c([N+](=O)[O-])c2)NC(=O)N1. The maximum absolute atomic E-state index is 12.9. The molecule has 3 rings (SSSR count). The van der Waals surface area contributed by atoms with Crippen LogP contribution in [-0.2, 0) is 4.79 Å². The number of urea groups is 1. The molecule has 0 saturated carbocycles. The Morgan fingerprint density at radius 1 is 1.21 bits per heavy atom. The highest BCUT2D eigenvalue weighted by molar-refractivity contribution is 6.32. The maximum atomic E-state index is 12.9. The van der Waals surface area contributed by atoms with Gasteiger partial charge in [-0.25, -0.2) is 4.79 Å². The molecule has 0 aromatic heterocycles. The van der Waals surface area contributed by atoms with Gasteiger partial charge < -0.3 is 16.0 Å². The number of nitro benzene ring substituents is 1. The molecule has 0 fully saturated rings. The Bertz CT molecular complexity index is 1020. The highest BCUT2D eigenvalue weighted by Crippen LogP contribution is 2.33. The lowest BCUT2D eigenvalue weighted by Crippen LogP contribution is -2.46. The number of anilines is 1. The molecule has 1 aliphatic rings. The second-order valence-electron chi connectivity index (χ2n) is 6.00. The van der Waals surface area contributed by atoms with Gasteiger partial charge in [0.15, 0.2) is 0 Å². The maximum Gasteiger partial charge on any atom is 0.319 e. The molecule has 1 heterocycles. The minimum atomic E-state index is -0.899. The van der Waals surface area contributed by atoms with E-state index in [1.165, 1.54) is 18.2 Å². The topological polar surface area (TPSA) is 113 Å². The van der Waals surface area contributed by atoms with E-state index in [9.17, 15) is 19.7 Å². The summed E-state index contributed by atoms with van der Waals surface area (Å²) >= 11 is 11.8. The molecule has 1 unspecified atom stereocenters. The molecule has 0 spiro atoms. The summed E-state index contributed by atoms with van der Waals surface area (Å²) in [5.74, 6) is -0.491. The molecule has 1 aliphatic heterocycles. The Morgan fingerprint density at radius 3 is 2.64 bits per heavy atom. The molecule has 2 aromatic rings. The average molecular weight is 421 g/mol. The summed E-state index contributed by atoms with van der Waals surface area (Å²) in [6.07, 6.45) is 0. The molecule has 3 amide bonds. The fourth-order valence-electron chi connectivity index (χ4n) is 2.86. The molecule has 10 heteroatoms. The van der Waals surface area contributed by atoms with E-state index in [1.54, 1.807) is 31.2 Å². The van der Waals surface area contributed by atoms with Crippen LogP contribution in [0, 0.1) is 10.1 Å². The first-order valence-electron chi connectivity index (χ1n) is 8.05. The van der Waals surface area contributed by atoms with Gasteiger partial charge in [0.2, 0.25) is 0 Å². The van der Waals surface area contributed by atoms with Gasteiger partial charge in [0, 0.05) is 22.5 Å². The van der Waals surface area contributed by atoms with Gasteiger partial charge in [-0.15, -0.1) is 0 Å². The van der Waals surface area contributed by atoms with E-state index in [0.717, 1.165) is 0 Å². The first-order valence-corrected chi connectivity index (χ1v) is 8.81. The third kappa shape index (κ3) is 4.08. The Kier molecular flexibility index (Phi) is 5.53. The molecule has 144 valence electrons. The highest BCUT2D eigenvalue weighted by atomic mass is 35.5. The lowest BCUT2D eigenvalue weighted by Gasteiger charge is -2.28. The van der Waals surface area contributed by atoms with Crippen molar-refractivity contribution in [3.63, 3.8) is 0 Å². The Morgan fingerprint density at radius 2 is 1.96 bits per heavy atom. The molecule has 0 radical (unpaired) electrons. The van der Waals surface area contributed by atoms with Crippen LogP contribution in [0.25, 0.3) is 0 Å². The van der Waals surface area contributed by atoms with Crippen LogP contribution < -0.4 is 16.0 Å². The van der Waals surface area contributed by atoms with E-state index in [1.807, 2.05) is 0 Å². The van der Waals surface area contributed by atoms with Gasteiger partial charge in [0.25, 0.3) is 11.6 Å². The van der Waals surface area contributed by atoms with Crippen LogP contribution in [0.2, 0.25) is 10.0 Å². The summed E-state index contributed by atoms with van der Waals surface area (Å²) in [6.45, 7) is 1.57. The molecule has 0 aliphatic carbocycles. The third-order valence-corrected chi connectivity index (χ3v) is 4.65. The fourth-order valence-corrected chi connectivity index (χ4v) is 3.24. The summed E-state index contributed by atoms with van der Waals surface area (Å²) in [5.41, 5.74) is 1.03. The molecular formula is C18H14Cl2N4O4. The molecule has 0 saturated heterocycles. The number of nitrogens with one attached hydrogen (secondary N) is 3. The van der Waals surface area contributed by atoms with Crippen LogP contribution in [0.15, 0.2) is 53.7 Å². The molecule has 8 nitrogen and oxygen atoms in total. The van der Waals surface area contributed by atoms with Crippen LogP contribution in [0.4, 0.5) is 16.2 Å². The highest BCUT2D eigenvalue weighted by Gasteiger charge is 2.32. The van der Waals surface area contributed by atoms with Crippen molar-refractivity contribution in [3.8, 4) is 0 Å². The van der Waals surface area contributed by atoms with E-state index >= 15 is 0 Å². The molecule has 3 N–H and O–H groups in total. The van der Waals surface area contributed by atoms with Gasteiger partial charge >= 0.3 is 6.03 Å². The van der Waals surface area contributed by atoms with Crippen molar-refractivity contribution < 1.29 is 14.5 Å². The first-order chi connectivity index (χ1) is 13.3. The van der Waals surface area contributed by atoms with Gasteiger partial charge in [-0.2, -0.15) is 0 Å². The van der Waals surface area contributed by atoms with Gasteiger partial charge in [-0.05, 0) is 36.8 Å².